The number of rotatable bonds is 8. The molecule has 0 saturated heterocycles. The molecule has 0 aromatic heterocycles. The SMILES string of the molecule is CC(C)[C@H](NS(=O)(=O)c1cccc(S(=O)(=O)NC2CC2)c1)C(=O)O. The zero-order chi connectivity index (χ0) is 18.1. The van der Waals surface area contributed by atoms with Crippen molar-refractivity contribution in [2.24, 2.45) is 5.92 Å². The molecular formula is C14H20N2O6S2. The van der Waals surface area contributed by atoms with Crippen molar-refractivity contribution in [1.29, 1.82) is 0 Å². The topological polar surface area (TPSA) is 130 Å². The van der Waals surface area contributed by atoms with Gasteiger partial charge in [-0.15, -0.1) is 0 Å². The van der Waals surface area contributed by atoms with Crippen LogP contribution in [0.25, 0.3) is 0 Å². The molecule has 3 N–H and O–H groups in total. The molecule has 1 aromatic rings. The lowest BCUT2D eigenvalue weighted by Gasteiger charge is -2.18. The third-order valence-electron chi connectivity index (χ3n) is 3.54. The van der Waals surface area contributed by atoms with Crippen molar-refractivity contribution in [3.05, 3.63) is 24.3 Å². The monoisotopic (exact) mass is 376 g/mol. The first kappa shape index (κ1) is 18.8. The first-order valence-corrected chi connectivity index (χ1v) is 10.4. The van der Waals surface area contributed by atoms with Gasteiger partial charge in [0.1, 0.15) is 6.04 Å². The molecule has 0 spiro atoms. The van der Waals surface area contributed by atoms with Crippen LogP contribution in [-0.4, -0.2) is 40.0 Å². The van der Waals surface area contributed by atoms with Gasteiger partial charge in [-0.1, -0.05) is 19.9 Å². The van der Waals surface area contributed by atoms with E-state index in [-0.39, 0.29) is 15.8 Å². The average molecular weight is 376 g/mol. The summed E-state index contributed by atoms with van der Waals surface area (Å²) >= 11 is 0. The Morgan fingerprint density at radius 1 is 1.12 bits per heavy atom. The summed E-state index contributed by atoms with van der Waals surface area (Å²) in [5.41, 5.74) is 0. The van der Waals surface area contributed by atoms with Crippen LogP contribution in [0.2, 0.25) is 0 Å². The average Bonchev–Trinajstić information content (AvgIpc) is 3.27. The van der Waals surface area contributed by atoms with Gasteiger partial charge in [-0.05, 0) is 37.0 Å². The van der Waals surface area contributed by atoms with Gasteiger partial charge >= 0.3 is 5.97 Å². The molecule has 1 aliphatic carbocycles. The quantitative estimate of drug-likeness (QED) is 0.606. The maximum absolute atomic E-state index is 12.4. The van der Waals surface area contributed by atoms with Gasteiger partial charge in [0.2, 0.25) is 20.0 Å². The van der Waals surface area contributed by atoms with Crippen molar-refractivity contribution >= 4 is 26.0 Å². The van der Waals surface area contributed by atoms with E-state index >= 15 is 0 Å². The standard InChI is InChI=1S/C14H20N2O6S2/c1-9(2)13(14(17)18)16-24(21,22)12-5-3-4-11(8-12)23(19,20)15-10-6-7-10/h3-5,8-10,13,15-16H,6-7H2,1-2H3,(H,17,18)/t13-/m0/s1. The molecule has 0 bridgehead atoms. The minimum Gasteiger partial charge on any atom is -0.480 e. The van der Waals surface area contributed by atoms with E-state index in [1.165, 1.54) is 18.2 Å². The van der Waals surface area contributed by atoms with E-state index in [0.29, 0.717) is 0 Å². The second-order valence-corrected chi connectivity index (χ2v) is 9.48. The van der Waals surface area contributed by atoms with Crippen molar-refractivity contribution < 1.29 is 26.7 Å². The Balaban J connectivity index is 2.31. The third kappa shape index (κ3) is 4.53. The van der Waals surface area contributed by atoms with Crippen LogP contribution in [0.5, 0.6) is 0 Å². The zero-order valence-electron chi connectivity index (χ0n) is 13.3. The number of hydrogen-bond acceptors (Lipinski definition) is 5. The number of benzene rings is 1. The normalized spacial score (nSPS) is 17.0. The third-order valence-corrected chi connectivity index (χ3v) is 6.50. The number of hydrogen-bond donors (Lipinski definition) is 3. The van der Waals surface area contributed by atoms with Crippen LogP contribution in [0.1, 0.15) is 26.7 Å². The number of sulfonamides is 2. The van der Waals surface area contributed by atoms with Gasteiger partial charge in [-0.25, -0.2) is 21.6 Å². The molecule has 1 saturated carbocycles. The summed E-state index contributed by atoms with van der Waals surface area (Å²) in [4.78, 5) is 10.7. The first-order chi connectivity index (χ1) is 11.0. The molecule has 0 aliphatic heterocycles. The van der Waals surface area contributed by atoms with Crippen LogP contribution in [-0.2, 0) is 24.8 Å². The molecule has 0 unspecified atom stereocenters. The van der Waals surface area contributed by atoms with Crippen molar-refractivity contribution in [3.8, 4) is 0 Å². The lowest BCUT2D eigenvalue weighted by Crippen LogP contribution is -2.44. The van der Waals surface area contributed by atoms with E-state index in [4.69, 9.17) is 5.11 Å². The number of aliphatic carboxylic acids is 1. The molecule has 10 heteroatoms. The molecule has 1 aromatic carbocycles. The Labute approximate surface area is 141 Å². The molecule has 2 rings (SSSR count). The van der Waals surface area contributed by atoms with Crippen molar-refractivity contribution in [2.45, 2.75) is 48.6 Å². The van der Waals surface area contributed by atoms with E-state index in [2.05, 4.69) is 9.44 Å². The van der Waals surface area contributed by atoms with Gasteiger partial charge in [0.05, 0.1) is 9.79 Å². The van der Waals surface area contributed by atoms with Gasteiger partial charge in [0, 0.05) is 6.04 Å². The zero-order valence-corrected chi connectivity index (χ0v) is 14.9. The van der Waals surface area contributed by atoms with Crippen LogP contribution in [0, 0.1) is 5.92 Å². The molecule has 1 atom stereocenters. The van der Waals surface area contributed by atoms with E-state index in [0.717, 1.165) is 18.9 Å². The van der Waals surface area contributed by atoms with E-state index in [1.54, 1.807) is 13.8 Å². The highest BCUT2D eigenvalue weighted by atomic mass is 32.2. The van der Waals surface area contributed by atoms with Crippen LogP contribution in [0.15, 0.2) is 34.1 Å². The highest BCUT2D eigenvalue weighted by Crippen LogP contribution is 2.23. The summed E-state index contributed by atoms with van der Waals surface area (Å²) in [5.74, 6) is -1.77. The number of nitrogens with one attached hydrogen (secondary N) is 2. The fourth-order valence-corrected chi connectivity index (χ4v) is 4.81. The number of carboxylic acids is 1. The van der Waals surface area contributed by atoms with Crippen LogP contribution < -0.4 is 9.44 Å². The molecule has 1 aliphatic rings. The van der Waals surface area contributed by atoms with Crippen LogP contribution >= 0.6 is 0 Å². The highest BCUT2D eigenvalue weighted by Gasteiger charge is 2.30. The van der Waals surface area contributed by atoms with Crippen molar-refractivity contribution in [1.82, 2.24) is 9.44 Å². The summed E-state index contributed by atoms with van der Waals surface area (Å²) in [6.07, 6.45) is 1.51. The summed E-state index contributed by atoms with van der Waals surface area (Å²) in [7, 11) is -7.97. The molecule has 8 nitrogen and oxygen atoms in total. The summed E-state index contributed by atoms with van der Waals surface area (Å²) in [6.45, 7) is 3.14. The fraction of sp³-hybridized carbons (Fsp3) is 0.500. The Hall–Kier alpha value is -1.49. The van der Waals surface area contributed by atoms with Gasteiger partial charge in [0.15, 0.2) is 0 Å². The van der Waals surface area contributed by atoms with E-state index < -0.39 is 38.0 Å². The fourth-order valence-electron chi connectivity index (χ4n) is 2.00. The Bertz CT molecular complexity index is 829. The maximum Gasteiger partial charge on any atom is 0.322 e. The number of carbonyl (C=O) groups is 1. The first-order valence-electron chi connectivity index (χ1n) is 7.40. The van der Waals surface area contributed by atoms with Crippen LogP contribution in [0.4, 0.5) is 0 Å². The molecule has 0 heterocycles. The lowest BCUT2D eigenvalue weighted by molar-refractivity contribution is -0.140. The van der Waals surface area contributed by atoms with Crippen LogP contribution in [0.3, 0.4) is 0 Å². The predicted octanol–water partition coefficient (Wildman–Crippen LogP) is 0.515. The van der Waals surface area contributed by atoms with Gasteiger partial charge in [-0.2, -0.15) is 4.72 Å². The molecule has 24 heavy (non-hydrogen) atoms. The number of carboxylic acid groups (broad SMARTS) is 1. The summed E-state index contributed by atoms with van der Waals surface area (Å²) in [5, 5.41) is 9.11. The molecule has 134 valence electrons. The summed E-state index contributed by atoms with van der Waals surface area (Å²) < 4.78 is 53.7. The Kier molecular flexibility index (Phi) is 5.33. The molecule has 0 radical (unpaired) electrons. The smallest absolute Gasteiger partial charge is 0.322 e. The van der Waals surface area contributed by atoms with Gasteiger partial charge in [-0.3, -0.25) is 4.79 Å². The van der Waals surface area contributed by atoms with Crippen molar-refractivity contribution in [2.75, 3.05) is 0 Å². The Morgan fingerprint density at radius 2 is 1.67 bits per heavy atom. The molecule has 1 fully saturated rings. The van der Waals surface area contributed by atoms with E-state index in [9.17, 15) is 21.6 Å². The molecular weight excluding hydrogens is 356 g/mol. The predicted molar refractivity (Wildman–Crippen MR) is 86.4 cm³/mol. The largest absolute Gasteiger partial charge is 0.480 e. The summed E-state index contributed by atoms with van der Waals surface area (Å²) in [6, 6.07) is 3.43. The Morgan fingerprint density at radius 3 is 2.12 bits per heavy atom. The minimum absolute atomic E-state index is 0.106. The molecule has 0 amide bonds. The maximum atomic E-state index is 12.4. The highest BCUT2D eigenvalue weighted by molar-refractivity contribution is 7.90. The van der Waals surface area contributed by atoms with Gasteiger partial charge < -0.3 is 5.11 Å². The second kappa shape index (κ2) is 6.79. The minimum atomic E-state index is -4.17. The van der Waals surface area contributed by atoms with Crippen molar-refractivity contribution in [3.63, 3.8) is 0 Å². The lowest BCUT2D eigenvalue weighted by atomic mass is 10.1. The van der Waals surface area contributed by atoms with Gasteiger partial charge in [0.25, 0.3) is 0 Å². The van der Waals surface area contributed by atoms with E-state index in [1.807, 2.05) is 0 Å². The second-order valence-electron chi connectivity index (χ2n) is 6.05.